The molecule has 0 aromatic heterocycles. The summed E-state index contributed by atoms with van der Waals surface area (Å²) in [6.07, 6.45) is -0.944. The fourth-order valence-electron chi connectivity index (χ4n) is 9.24. The maximum absolute atomic E-state index is 17.3. The van der Waals surface area contributed by atoms with Crippen LogP contribution < -0.4 is 14.8 Å². The van der Waals surface area contributed by atoms with Gasteiger partial charge in [0.05, 0.1) is 32.5 Å². The zero-order valence-electron chi connectivity index (χ0n) is 33.7. The number of amides is 1. The smallest absolute Gasteiger partial charge is 0.493 e. The summed E-state index contributed by atoms with van der Waals surface area (Å²) in [5.74, 6) is -3.91. The quantitative estimate of drug-likeness (QED) is 0.0313. The Labute approximate surface area is 351 Å². The van der Waals surface area contributed by atoms with Crippen LogP contribution in [0.4, 0.5) is 14.0 Å². The molecule has 1 amide bonds. The van der Waals surface area contributed by atoms with E-state index in [0.29, 0.717) is 17.6 Å². The molecule has 1 aromatic rings. The number of alkyl carbamates (subject to hydrolysis) is 1. The molecular weight excluding hydrogens is 833 g/mol. The molecule has 9 atom stereocenters. The van der Waals surface area contributed by atoms with E-state index in [4.69, 9.17) is 23.7 Å². The zero-order valence-corrected chi connectivity index (χ0v) is 33.7. The van der Waals surface area contributed by atoms with Crippen LogP contribution in [-0.4, -0.2) is 125 Å². The summed E-state index contributed by atoms with van der Waals surface area (Å²) >= 11 is 0. The van der Waals surface area contributed by atoms with Gasteiger partial charge < -0.3 is 54.0 Å². The predicted molar refractivity (Wildman–Crippen MR) is 203 cm³/mol. The van der Waals surface area contributed by atoms with Gasteiger partial charge in [0.2, 0.25) is 5.78 Å². The number of Topliss-reactive ketones (excluding diaryl/α,β-unsaturated/α-hetero) is 1. The molecule has 4 aliphatic carbocycles. The van der Waals surface area contributed by atoms with Crippen molar-refractivity contribution in [3.05, 3.63) is 73.9 Å². The van der Waals surface area contributed by atoms with Gasteiger partial charge in [0, 0.05) is 29.2 Å². The summed E-state index contributed by atoms with van der Waals surface area (Å²) in [5, 5.41) is 55.3. The third kappa shape index (κ3) is 9.33. The summed E-state index contributed by atoms with van der Waals surface area (Å²) in [7, 11) is 1.27. The number of alkyl halides is 1. The molecule has 22 nitrogen and oxygen atoms in total. The van der Waals surface area contributed by atoms with Gasteiger partial charge >= 0.3 is 18.2 Å². The Morgan fingerprint density at radius 3 is 2.47 bits per heavy atom. The molecule has 1 unspecified atom stereocenters. The van der Waals surface area contributed by atoms with E-state index in [1.54, 1.807) is 6.92 Å². The molecule has 0 radical (unpaired) electrons. The molecular formula is C39H46FN3O19. The third-order valence-corrected chi connectivity index (χ3v) is 12.3. The number of halogens is 1. The number of ketones is 2. The number of methoxy groups -OCH3 is 1. The molecule has 338 valence electrons. The van der Waals surface area contributed by atoms with Crippen molar-refractivity contribution in [1.82, 2.24) is 5.32 Å². The number of hydrogen-bond donors (Lipinski definition) is 4. The molecule has 5 rings (SSSR count). The van der Waals surface area contributed by atoms with Gasteiger partial charge in [-0.25, -0.2) is 18.8 Å². The van der Waals surface area contributed by atoms with E-state index in [-0.39, 0.29) is 43.1 Å². The van der Waals surface area contributed by atoms with Gasteiger partial charge in [-0.05, 0) is 74.4 Å². The lowest BCUT2D eigenvalue weighted by molar-refractivity contribution is -0.790. The Morgan fingerprint density at radius 1 is 1.03 bits per heavy atom. The fourth-order valence-corrected chi connectivity index (χ4v) is 9.24. The van der Waals surface area contributed by atoms with E-state index in [2.05, 4.69) is 15.0 Å². The normalized spacial score (nSPS) is 30.0. The minimum atomic E-state index is -2.50. The lowest BCUT2D eigenvalue weighted by Gasteiger charge is -2.62. The molecule has 0 bridgehead atoms. The Hall–Kier alpha value is -6.20. The second-order valence-electron chi connectivity index (χ2n) is 15.6. The maximum atomic E-state index is 17.3. The Kier molecular flexibility index (Phi) is 14.2. The number of ether oxygens (including phenoxy) is 5. The van der Waals surface area contributed by atoms with Crippen LogP contribution in [-0.2, 0) is 38.3 Å². The summed E-state index contributed by atoms with van der Waals surface area (Å²) in [6.45, 7) is 0.230. The highest BCUT2D eigenvalue weighted by molar-refractivity contribution is 6.01. The number of aliphatic hydroxyl groups excluding tert-OH is 2. The van der Waals surface area contributed by atoms with Crippen LogP contribution in [0.2, 0.25) is 0 Å². The second-order valence-corrected chi connectivity index (χ2v) is 15.6. The van der Waals surface area contributed by atoms with Crippen molar-refractivity contribution in [2.45, 2.75) is 75.5 Å². The number of hydrogen-bond acceptors (Lipinski definition) is 19. The molecule has 4 aliphatic rings. The van der Waals surface area contributed by atoms with Gasteiger partial charge in [-0.3, -0.25) is 9.59 Å². The molecule has 0 spiro atoms. The number of esters is 1. The molecule has 0 saturated heterocycles. The molecule has 62 heavy (non-hydrogen) atoms. The standard InChI is InChI=1S/C39H46FN3O19/c1-36-12-10-24(44)17-23(36)6-7-26-27-18-30(45)39(51,37(27,2)19-31(46)38(26,36)40)32(47)21-59-34(49)41-13-15-58-35(50)61-28-8-4-22(16-29(28)56-3)5-9-33(48)57-14-11-25(62-43(54)55)20-60-42(52)53/h4-5,8-10,12,16-17,25-27,30-31,45-46,51H,6-7,11,13-15,18-21H2,1-3H3,(H,41,49)/b9-5+/t25?,26-,27-,30+,31-,36-,37-,38-,39-/m0/s1. The first-order chi connectivity index (χ1) is 29.2. The van der Waals surface area contributed by atoms with Crippen molar-refractivity contribution < 1.29 is 87.2 Å². The molecule has 3 saturated carbocycles. The molecule has 0 aliphatic heterocycles. The summed E-state index contributed by atoms with van der Waals surface area (Å²) in [4.78, 5) is 91.7. The van der Waals surface area contributed by atoms with Crippen LogP contribution in [0.3, 0.4) is 0 Å². The van der Waals surface area contributed by atoms with E-state index in [1.165, 1.54) is 56.5 Å². The number of carbonyl (C=O) groups excluding carboxylic acids is 5. The number of benzene rings is 1. The molecule has 4 N–H and O–H groups in total. The summed E-state index contributed by atoms with van der Waals surface area (Å²) in [6, 6.07) is 4.12. The van der Waals surface area contributed by atoms with Crippen molar-refractivity contribution in [2.75, 3.05) is 40.1 Å². The van der Waals surface area contributed by atoms with Gasteiger partial charge in [0.1, 0.15) is 19.3 Å². The summed E-state index contributed by atoms with van der Waals surface area (Å²) < 4.78 is 42.6. The molecule has 0 heterocycles. The van der Waals surface area contributed by atoms with E-state index >= 15 is 4.39 Å². The van der Waals surface area contributed by atoms with Crippen LogP contribution >= 0.6 is 0 Å². The highest BCUT2D eigenvalue weighted by atomic mass is 19.1. The number of allylic oxidation sites excluding steroid dienone is 4. The van der Waals surface area contributed by atoms with Gasteiger partial charge in [-0.2, -0.15) is 0 Å². The SMILES string of the molecule is COc1cc(/C=C/C(=O)OCCC(CO[N+](=O)[O-])O[N+](=O)[O-])ccc1OC(=O)OCCNC(=O)OCC(=O)[C@@]1(O)[C@H](O)C[C@H]2[C@@H]3CCC4=CC(=O)C=C[C@]4(C)[C@@]3(F)[C@@H](O)C[C@@]21C. The largest absolute Gasteiger partial charge is 0.514 e. The third-order valence-electron chi connectivity index (χ3n) is 12.3. The zero-order chi connectivity index (χ0) is 45.6. The average molecular weight is 880 g/mol. The van der Waals surface area contributed by atoms with Gasteiger partial charge in [0.15, 0.2) is 35.2 Å². The summed E-state index contributed by atoms with van der Waals surface area (Å²) in [5.41, 5.74) is -6.67. The van der Waals surface area contributed by atoms with E-state index in [1.807, 2.05) is 0 Å². The van der Waals surface area contributed by atoms with Gasteiger partial charge in [0.25, 0.3) is 10.2 Å². The van der Waals surface area contributed by atoms with Crippen molar-refractivity contribution in [2.24, 2.45) is 22.7 Å². The number of nitrogens with one attached hydrogen (secondary N) is 1. The maximum Gasteiger partial charge on any atom is 0.514 e. The van der Waals surface area contributed by atoms with Gasteiger partial charge in [-0.1, -0.05) is 24.6 Å². The number of carbonyl (C=O) groups is 5. The van der Waals surface area contributed by atoms with Crippen LogP contribution in [0.1, 0.15) is 51.5 Å². The van der Waals surface area contributed by atoms with Crippen molar-refractivity contribution >= 4 is 35.9 Å². The van der Waals surface area contributed by atoms with E-state index in [9.17, 15) is 59.5 Å². The van der Waals surface area contributed by atoms with Crippen LogP contribution in [0.5, 0.6) is 11.5 Å². The lowest BCUT2D eigenvalue weighted by atomic mass is 9.44. The molecule has 23 heteroatoms. The first kappa shape index (κ1) is 46.9. The van der Waals surface area contributed by atoms with Crippen molar-refractivity contribution in [1.29, 1.82) is 0 Å². The second kappa shape index (κ2) is 18.8. The van der Waals surface area contributed by atoms with Gasteiger partial charge in [-0.15, -0.1) is 20.2 Å². The monoisotopic (exact) mass is 879 g/mol. The first-order valence-corrected chi connectivity index (χ1v) is 19.3. The first-order valence-electron chi connectivity index (χ1n) is 19.3. The fraction of sp³-hybridized carbons (Fsp3) is 0.564. The number of fused-ring (bicyclic) bond motifs is 5. The minimum Gasteiger partial charge on any atom is -0.493 e. The molecule has 1 aromatic carbocycles. The number of nitrogens with zero attached hydrogens (tertiary/aromatic N) is 2. The van der Waals surface area contributed by atoms with E-state index in [0.717, 1.165) is 6.08 Å². The van der Waals surface area contributed by atoms with Crippen molar-refractivity contribution in [3.8, 4) is 11.5 Å². The average Bonchev–Trinajstić information content (AvgIpc) is 3.41. The van der Waals surface area contributed by atoms with Crippen LogP contribution in [0.25, 0.3) is 6.08 Å². The highest BCUT2D eigenvalue weighted by Crippen LogP contribution is 2.69. The Morgan fingerprint density at radius 2 is 1.77 bits per heavy atom. The topological polar surface area (TPSA) is 309 Å². The van der Waals surface area contributed by atoms with Crippen LogP contribution in [0.15, 0.2) is 48.1 Å². The Balaban J connectivity index is 1.06. The lowest BCUT2D eigenvalue weighted by Crippen LogP contribution is -2.69. The highest BCUT2D eigenvalue weighted by Gasteiger charge is 2.76. The van der Waals surface area contributed by atoms with Crippen molar-refractivity contribution in [3.63, 3.8) is 0 Å². The van der Waals surface area contributed by atoms with E-state index < -0.39 is 119 Å². The number of aliphatic hydroxyl groups is 3. The Bertz CT molecular complexity index is 2040. The number of rotatable bonds is 18. The predicted octanol–water partition coefficient (Wildman–Crippen LogP) is 2.31. The molecule has 3 fully saturated rings. The minimum absolute atomic E-state index is 0.0359. The van der Waals surface area contributed by atoms with Crippen LogP contribution in [0, 0.1) is 42.9 Å².